The number of aryl methyl sites for hydroxylation is 2. The molecule has 0 bridgehead atoms. The number of imidazole rings is 1. The maximum Gasteiger partial charge on any atom is 0.243 e. The highest BCUT2D eigenvalue weighted by atomic mass is 127. The molecule has 1 heterocycles. The van der Waals surface area contributed by atoms with Crippen LogP contribution in [0.4, 0.5) is 0 Å². The molecule has 0 unspecified atom stereocenters. The summed E-state index contributed by atoms with van der Waals surface area (Å²) in [7, 11) is 2.09. The Morgan fingerprint density at radius 1 is 0.667 bits per heavy atom. The molecular formula is C21H41IN2. The van der Waals surface area contributed by atoms with Crippen LogP contribution in [0.15, 0.2) is 18.7 Å². The van der Waals surface area contributed by atoms with E-state index in [2.05, 4.69) is 41.8 Å². The van der Waals surface area contributed by atoms with Crippen LogP contribution in [-0.4, -0.2) is 4.57 Å². The third-order valence-electron chi connectivity index (χ3n) is 4.84. The van der Waals surface area contributed by atoms with E-state index in [4.69, 9.17) is 0 Å². The average molecular weight is 448 g/mol. The summed E-state index contributed by atoms with van der Waals surface area (Å²) < 4.78 is 4.41. The first-order valence-corrected chi connectivity index (χ1v) is 10.3. The normalized spacial score (nSPS) is 10.8. The zero-order valence-corrected chi connectivity index (χ0v) is 18.5. The van der Waals surface area contributed by atoms with Gasteiger partial charge in [-0.25, -0.2) is 9.13 Å². The van der Waals surface area contributed by atoms with Gasteiger partial charge in [-0.2, -0.15) is 0 Å². The lowest BCUT2D eigenvalue weighted by Gasteiger charge is -2.03. The van der Waals surface area contributed by atoms with Crippen molar-refractivity contribution in [3.8, 4) is 0 Å². The van der Waals surface area contributed by atoms with Crippen LogP contribution in [-0.2, 0) is 13.6 Å². The lowest BCUT2D eigenvalue weighted by atomic mass is 10.0. The van der Waals surface area contributed by atoms with Gasteiger partial charge in [-0.3, -0.25) is 0 Å². The predicted molar refractivity (Wildman–Crippen MR) is 101 cm³/mol. The molecule has 0 radical (unpaired) electrons. The van der Waals surface area contributed by atoms with Crippen LogP contribution in [0.25, 0.3) is 0 Å². The maximum atomic E-state index is 2.29. The quantitative estimate of drug-likeness (QED) is 0.209. The number of halogens is 1. The van der Waals surface area contributed by atoms with E-state index in [9.17, 15) is 0 Å². The van der Waals surface area contributed by atoms with E-state index in [1.54, 1.807) is 0 Å². The summed E-state index contributed by atoms with van der Waals surface area (Å²) in [4.78, 5) is 0. The van der Waals surface area contributed by atoms with Gasteiger partial charge in [0.05, 0.1) is 13.6 Å². The fourth-order valence-electron chi connectivity index (χ4n) is 3.30. The molecule has 142 valence electrons. The lowest BCUT2D eigenvalue weighted by Crippen LogP contribution is -3.00. The van der Waals surface area contributed by atoms with E-state index in [-0.39, 0.29) is 24.0 Å². The van der Waals surface area contributed by atoms with Crippen molar-refractivity contribution >= 4 is 0 Å². The van der Waals surface area contributed by atoms with E-state index in [0.717, 1.165) is 0 Å². The number of nitrogens with zero attached hydrogens (tertiary/aromatic N) is 2. The summed E-state index contributed by atoms with van der Waals surface area (Å²) in [5, 5.41) is 0. The molecule has 1 rings (SSSR count). The fourth-order valence-corrected chi connectivity index (χ4v) is 3.30. The zero-order chi connectivity index (χ0) is 16.6. The molecule has 0 fully saturated rings. The summed E-state index contributed by atoms with van der Waals surface area (Å²) in [6, 6.07) is 0. The molecule has 24 heavy (non-hydrogen) atoms. The van der Waals surface area contributed by atoms with Crippen molar-refractivity contribution < 1.29 is 28.5 Å². The van der Waals surface area contributed by atoms with Gasteiger partial charge in [-0.15, -0.1) is 0 Å². The summed E-state index contributed by atoms with van der Waals surface area (Å²) >= 11 is 0. The molecular weight excluding hydrogens is 407 g/mol. The molecule has 0 aliphatic carbocycles. The number of hydrogen-bond acceptors (Lipinski definition) is 0. The molecule has 2 nitrogen and oxygen atoms in total. The Balaban J connectivity index is 0.00000529. The molecule has 0 aromatic carbocycles. The first-order chi connectivity index (χ1) is 11.3. The Kier molecular flexibility index (Phi) is 17.7. The maximum absolute atomic E-state index is 2.29. The number of hydrogen-bond donors (Lipinski definition) is 0. The van der Waals surface area contributed by atoms with Gasteiger partial charge in [0.15, 0.2) is 0 Å². The van der Waals surface area contributed by atoms with Crippen LogP contribution < -0.4 is 28.5 Å². The second kappa shape index (κ2) is 17.8. The van der Waals surface area contributed by atoms with Crippen molar-refractivity contribution in [3.63, 3.8) is 0 Å². The third-order valence-corrected chi connectivity index (χ3v) is 4.84. The Morgan fingerprint density at radius 3 is 1.46 bits per heavy atom. The van der Waals surface area contributed by atoms with Crippen LogP contribution in [0.2, 0.25) is 0 Å². The molecule has 3 heteroatoms. The molecule has 1 aromatic rings. The zero-order valence-electron chi connectivity index (χ0n) is 16.3. The smallest absolute Gasteiger partial charge is 0.243 e. The molecule has 0 spiro atoms. The number of rotatable bonds is 16. The second-order valence-electron chi connectivity index (χ2n) is 7.27. The van der Waals surface area contributed by atoms with Gasteiger partial charge >= 0.3 is 0 Å². The fraction of sp³-hybridized carbons (Fsp3) is 0.857. The highest BCUT2D eigenvalue weighted by Gasteiger charge is 1.99. The van der Waals surface area contributed by atoms with Gasteiger partial charge < -0.3 is 24.0 Å². The van der Waals surface area contributed by atoms with Gasteiger partial charge in [0.2, 0.25) is 6.33 Å². The Hall–Kier alpha value is -0.0600. The first-order valence-electron chi connectivity index (χ1n) is 10.3. The number of aromatic nitrogens is 2. The van der Waals surface area contributed by atoms with Crippen LogP contribution in [0.5, 0.6) is 0 Å². The SMILES string of the molecule is CCCCCCCCCCCCCCCCCn1cc[n+](C)c1.[I-]. The van der Waals surface area contributed by atoms with Crippen molar-refractivity contribution in [2.45, 2.75) is 110 Å². The minimum Gasteiger partial charge on any atom is -1.00 e. The Morgan fingerprint density at radius 2 is 1.08 bits per heavy atom. The van der Waals surface area contributed by atoms with Gasteiger partial charge in [0.25, 0.3) is 0 Å². The molecule has 0 N–H and O–H groups in total. The minimum atomic E-state index is 0. The standard InChI is InChI=1S/C21H41N2.HI/c1-3-4-5-6-7-8-9-10-11-12-13-14-15-16-17-18-23-20-19-22(2)21-23;/h19-21H,3-18H2,1-2H3;1H/q+1;/p-1. The first kappa shape index (κ1) is 23.9. The highest BCUT2D eigenvalue weighted by molar-refractivity contribution is 4.65. The molecule has 0 atom stereocenters. The minimum absolute atomic E-state index is 0. The molecule has 0 saturated heterocycles. The predicted octanol–water partition coefficient (Wildman–Crippen LogP) is 3.19. The van der Waals surface area contributed by atoms with Gasteiger partial charge in [-0.05, 0) is 12.8 Å². The van der Waals surface area contributed by atoms with Crippen LogP contribution in [0.1, 0.15) is 103 Å². The molecule has 0 saturated carbocycles. The van der Waals surface area contributed by atoms with E-state index in [1.807, 2.05) is 0 Å². The summed E-state index contributed by atoms with van der Waals surface area (Å²) in [6.45, 7) is 3.47. The summed E-state index contributed by atoms with van der Waals surface area (Å²) in [5.41, 5.74) is 0. The Bertz CT molecular complexity index is 362. The topological polar surface area (TPSA) is 8.81 Å². The third kappa shape index (κ3) is 14.3. The Labute approximate surface area is 168 Å². The second-order valence-corrected chi connectivity index (χ2v) is 7.27. The monoisotopic (exact) mass is 448 g/mol. The number of unbranched alkanes of at least 4 members (excludes halogenated alkanes) is 14. The van der Waals surface area contributed by atoms with Gasteiger partial charge in [-0.1, -0.05) is 90.4 Å². The molecule has 0 aliphatic rings. The molecule has 0 amide bonds. The average Bonchev–Trinajstić information content (AvgIpc) is 2.96. The van der Waals surface area contributed by atoms with Crippen LogP contribution in [0.3, 0.4) is 0 Å². The van der Waals surface area contributed by atoms with E-state index in [0.29, 0.717) is 0 Å². The van der Waals surface area contributed by atoms with Crippen LogP contribution >= 0.6 is 0 Å². The van der Waals surface area contributed by atoms with Gasteiger partial charge in [0, 0.05) is 0 Å². The summed E-state index contributed by atoms with van der Waals surface area (Å²) in [6.07, 6.45) is 28.0. The summed E-state index contributed by atoms with van der Waals surface area (Å²) in [5.74, 6) is 0. The lowest BCUT2D eigenvalue weighted by molar-refractivity contribution is -0.671. The van der Waals surface area contributed by atoms with Crippen molar-refractivity contribution in [2.75, 3.05) is 0 Å². The highest BCUT2D eigenvalue weighted by Crippen LogP contribution is 2.13. The molecule has 0 aliphatic heterocycles. The van der Waals surface area contributed by atoms with Crippen molar-refractivity contribution in [2.24, 2.45) is 7.05 Å². The van der Waals surface area contributed by atoms with Gasteiger partial charge in [0.1, 0.15) is 12.4 Å². The van der Waals surface area contributed by atoms with E-state index >= 15 is 0 Å². The molecule has 1 aromatic heterocycles. The van der Waals surface area contributed by atoms with Crippen LogP contribution in [0, 0.1) is 0 Å². The van der Waals surface area contributed by atoms with Crippen molar-refractivity contribution in [3.05, 3.63) is 18.7 Å². The van der Waals surface area contributed by atoms with E-state index < -0.39 is 0 Å². The largest absolute Gasteiger partial charge is 1.00 e. The van der Waals surface area contributed by atoms with Crippen molar-refractivity contribution in [1.82, 2.24) is 4.57 Å². The van der Waals surface area contributed by atoms with E-state index in [1.165, 1.54) is 103 Å². The van der Waals surface area contributed by atoms with Crippen molar-refractivity contribution in [1.29, 1.82) is 0 Å².